The van der Waals surface area contributed by atoms with E-state index < -0.39 is 72.0 Å². The highest BCUT2D eigenvalue weighted by Crippen LogP contribution is 2.37. The first-order valence-corrected chi connectivity index (χ1v) is 46.8. The Balaban J connectivity index is 0.000000154. The summed E-state index contributed by atoms with van der Waals surface area (Å²) in [6, 6.07) is 68.2. The molecule has 27 nitrogen and oxygen atoms in total. The van der Waals surface area contributed by atoms with Crippen LogP contribution in [0.25, 0.3) is 0 Å². The van der Waals surface area contributed by atoms with Gasteiger partial charge in [0, 0.05) is 98.9 Å². The molecule has 0 saturated carbocycles. The van der Waals surface area contributed by atoms with E-state index in [2.05, 4.69) is 96.3 Å². The number of nitrogens with zero attached hydrogens (tertiary/aromatic N) is 6. The second kappa shape index (κ2) is 44.0. The fourth-order valence-electron chi connectivity index (χ4n) is 17.0. The summed E-state index contributed by atoms with van der Waals surface area (Å²) in [5.41, 5.74) is 13.0. The number of carbonyl (C=O) groups excluding carboxylic acids is 7. The number of urea groups is 2. The number of halogens is 2. The SMILES string of the molecule is CC(C)(C)Oc1ccc(CN(C[C@@H]2OC(C)(C)O[C@H]2C(=O)N2CCc3ccccc3C2)C(=O)Nc2ccc(Br)cc2)cc1.CC(C)(C)Oc1ccc(CNC[C@@H]2OC(C)(C)O[C@H]2C(=O)N2CCc3ccccc3C2)cc1.CC1(C)O[C@@H](C=O)[C@H](C(=O)N2CCc3ccccc3C2)O1.O=C(Nc1ccc(Br)cc1)N(Cc1ccc(O)cc1)C[C@H](O)[C@@H](O)C(=O)N1CCc2ccccc2C1. The number of nitrogens with one attached hydrogen (secondary N) is 3. The lowest BCUT2D eigenvalue weighted by Gasteiger charge is -2.33. The minimum Gasteiger partial charge on any atom is -0.508 e. The minimum absolute atomic E-state index is 0.00515. The molecule has 0 bridgehead atoms. The number of phenols is 1. The third-order valence-corrected chi connectivity index (χ3v) is 24.4. The Kier molecular flexibility index (Phi) is 33.0. The second-order valence-electron chi connectivity index (χ2n) is 37.6. The average Bonchev–Trinajstić information content (AvgIpc) is 1.65. The van der Waals surface area contributed by atoms with Crippen molar-refractivity contribution in [2.24, 2.45) is 0 Å². The van der Waals surface area contributed by atoms with Crippen molar-refractivity contribution < 1.29 is 86.8 Å². The zero-order valence-corrected chi connectivity index (χ0v) is 80.8. The van der Waals surface area contributed by atoms with Gasteiger partial charge in [-0.25, -0.2) is 9.59 Å². The molecule has 3 fully saturated rings. The van der Waals surface area contributed by atoms with Gasteiger partial charge in [-0.2, -0.15) is 0 Å². The third kappa shape index (κ3) is 28.1. The molecule has 29 heteroatoms. The monoisotopic (exact) mass is 1940 g/mol. The molecular formula is C104H123Br2N9O18. The Morgan fingerprint density at radius 1 is 0.444 bits per heavy atom. The number of rotatable bonds is 22. The maximum absolute atomic E-state index is 13.9. The van der Waals surface area contributed by atoms with E-state index in [-0.39, 0.29) is 66.4 Å². The second-order valence-corrected chi connectivity index (χ2v) is 39.5. The average molecular weight is 1950 g/mol. The number of aldehydes is 1. The first-order chi connectivity index (χ1) is 63.2. The number of fused-ring (bicyclic) bond motifs is 4. The molecule has 8 atom stereocenters. The summed E-state index contributed by atoms with van der Waals surface area (Å²) in [4.78, 5) is 101. The van der Waals surface area contributed by atoms with E-state index in [1.807, 2.05) is 187 Å². The van der Waals surface area contributed by atoms with Crippen molar-refractivity contribution in [3.05, 3.63) is 289 Å². The van der Waals surface area contributed by atoms with Gasteiger partial charge in [0.25, 0.3) is 23.6 Å². The third-order valence-electron chi connectivity index (χ3n) is 23.4. The van der Waals surface area contributed by atoms with E-state index in [0.717, 1.165) is 67.5 Å². The zero-order valence-electron chi connectivity index (χ0n) is 77.6. The number of aliphatic hydroxyl groups is 2. The van der Waals surface area contributed by atoms with Gasteiger partial charge in [-0.1, -0.05) is 165 Å². The number of carbonyl (C=O) groups is 7. The van der Waals surface area contributed by atoms with E-state index >= 15 is 0 Å². The summed E-state index contributed by atoms with van der Waals surface area (Å²) in [5, 5.41) is 40.3. The quantitative estimate of drug-likeness (QED) is 0.0343. The van der Waals surface area contributed by atoms with E-state index in [1.165, 1.54) is 49.7 Å². The first-order valence-electron chi connectivity index (χ1n) is 45.2. The van der Waals surface area contributed by atoms with Gasteiger partial charge in [0.15, 0.2) is 54.2 Å². The predicted molar refractivity (Wildman–Crippen MR) is 512 cm³/mol. The molecular weight excluding hydrogens is 1820 g/mol. The van der Waals surface area contributed by atoms with Gasteiger partial charge in [-0.15, -0.1) is 0 Å². The summed E-state index contributed by atoms with van der Waals surface area (Å²) in [6.45, 7) is 28.8. The van der Waals surface area contributed by atoms with Gasteiger partial charge < -0.3 is 103 Å². The molecule has 0 spiro atoms. The van der Waals surface area contributed by atoms with Gasteiger partial charge in [-0.05, 0) is 255 Å². The number of aromatic hydroxyl groups is 1. The van der Waals surface area contributed by atoms with Crippen LogP contribution in [0.4, 0.5) is 21.0 Å². The van der Waals surface area contributed by atoms with Crippen LogP contribution < -0.4 is 25.4 Å². The van der Waals surface area contributed by atoms with Crippen LogP contribution >= 0.6 is 31.9 Å². The summed E-state index contributed by atoms with van der Waals surface area (Å²) >= 11 is 6.79. The summed E-state index contributed by atoms with van der Waals surface area (Å²) in [5.74, 6) is -1.83. The Hall–Kier alpha value is -10.9. The van der Waals surface area contributed by atoms with E-state index in [4.69, 9.17) is 37.9 Å². The van der Waals surface area contributed by atoms with E-state index in [9.17, 15) is 48.9 Å². The molecule has 133 heavy (non-hydrogen) atoms. The maximum Gasteiger partial charge on any atom is 0.322 e. The van der Waals surface area contributed by atoms with Crippen LogP contribution in [-0.4, -0.2) is 210 Å². The lowest BCUT2D eigenvalue weighted by molar-refractivity contribution is -0.162. The summed E-state index contributed by atoms with van der Waals surface area (Å²) in [7, 11) is 0. The first kappa shape index (κ1) is 99.5. The molecule has 706 valence electrons. The molecule has 0 aromatic heterocycles. The number of hydrogen-bond acceptors (Lipinski definition) is 19. The largest absolute Gasteiger partial charge is 0.508 e. The number of anilines is 2. The van der Waals surface area contributed by atoms with Crippen molar-refractivity contribution in [3.63, 3.8) is 0 Å². The van der Waals surface area contributed by atoms with Crippen LogP contribution in [0.5, 0.6) is 17.2 Å². The number of ether oxygens (including phenoxy) is 8. The predicted octanol–water partition coefficient (Wildman–Crippen LogP) is 15.6. The molecule has 16 rings (SSSR count). The van der Waals surface area contributed by atoms with Crippen LogP contribution in [0.15, 0.2) is 227 Å². The van der Waals surface area contributed by atoms with Crippen molar-refractivity contribution in [1.29, 1.82) is 0 Å². The molecule has 9 aromatic rings. The maximum atomic E-state index is 13.9. The number of amides is 8. The number of benzene rings is 9. The molecule has 6 N–H and O–H groups in total. The number of hydrogen-bond donors (Lipinski definition) is 6. The Labute approximate surface area is 795 Å². The normalized spacial score (nSPS) is 20.0. The molecule has 7 aliphatic heterocycles. The number of aliphatic hydroxyl groups excluding tert-OH is 2. The van der Waals surface area contributed by atoms with Gasteiger partial charge in [0.2, 0.25) is 0 Å². The van der Waals surface area contributed by atoms with Crippen LogP contribution in [0.3, 0.4) is 0 Å². The van der Waals surface area contributed by atoms with Gasteiger partial charge in [0.1, 0.15) is 46.8 Å². The summed E-state index contributed by atoms with van der Waals surface area (Å²) in [6.07, 6.45) is -3.49. The van der Waals surface area contributed by atoms with Crippen LogP contribution in [0.1, 0.15) is 144 Å². The molecule has 0 aliphatic carbocycles. The lowest BCUT2D eigenvalue weighted by Crippen LogP contribution is -2.51. The van der Waals surface area contributed by atoms with E-state index in [0.29, 0.717) is 102 Å². The molecule has 0 radical (unpaired) electrons. The molecule has 3 saturated heterocycles. The van der Waals surface area contributed by atoms with Crippen LogP contribution in [0.2, 0.25) is 0 Å². The van der Waals surface area contributed by atoms with Crippen LogP contribution in [0, 0.1) is 0 Å². The Bertz CT molecular complexity index is 5480. The molecule has 8 amide bonds. The number of phenolic OH excluding ortho intramolecular Hbond substituents is 1. The van der Waals surface area contributed by atoms with Gasteiger partial charge in [-0.3, -0.25) is 19.2 Å². The zero-order chi connectivity index (χ0) is 95.1. The van der Waals surface area contributed by atoms with Gasteiger partial charge in [0.05, 0.1) is 13.1 Å². The fourth-order valence-corrected chi connectivity index (χ4v) is 17.5. The highest BCUT2D eigenvalue weighted by Gasteiger charge is 2.51. The molecule has 0 unspecified atom stereocenters. The van der Waals surface area contributed by atoms with Crippen molar-refractivity contribution in [2.75, 3.05) is 56.4 Å². The standard InChI is InChI=1S/C34H40BrN3O5.C27H28BrN3O5.C27H36N2O4.C16H19NO4/c1-33(2,3)41-28-16-10-23(11-17-28)20-38(32(40)36-27-14-12-26(35)13-15-27)22-29-30(43-34(4,5)42-29)31(39)37-19-18-24-8-6-7-9-25(24)21-37;28-21-7-9-22(10-8-21)29-27(36)31(15-18-5-11-23(32)12-6-18)17-24(33)25(34)26(35)30-14-13-19-3-1-2-4-20(19)16-30;1-26(2,3)31-22-12-10-19(11-13-22)16-28-17-23-24(33-27(4,5)32-23)25(30)29-15-14-20-8-6-7-9-21(20)18-29;1-16(2)20-13(10-18)14(21-16)15(19)17-8-7-11-5-3-4-6-12(11)9-17/h6-17,29-30H,18-22H2,1-5H3,(H,36,40);1-12,24-25,32-34H,13-17H2,(H,29,36);6-13,23-24,28H,14-18H2,1-5H3;3-6,10,13-14H,7-9H2,1-2H3/t29-,30+;24-,25+;23-,24+;13-,14+/m0000/s1. The van der Waals surface area contributed by atoms with Crippen molar-refractivity contribution in [1.82, 2.24) is 34.7 Å². The minimum atomic E-state index is -1.68. The Morgan fingerprint density at radius 2 is 0.789 bits per heavy atom. The summed E-state index contributed by atoms with van der Waals surface area (Å²) < 4.78 is 49.3. The molecule has 7 heterocycles. The molecule has 7 aliphatic rings. The lowest BCUT2D eigenvalue weighted by atomic mass is 9.99. The Morgan fingerprint density at radius 3 is 1.21 bits per heavy atom. The highest BCUT2D eigenvalue weighted by atomic mass is 79.9. The van der Waals surface area contributed by atoms with Gasteiger partial charge >= 0.3 is 12.1 Å². The van der Waals surface area contributed by atoms with Crippen LogP contribution in [-0.2, 0) is 124 Å². The smallest absolute Gasteiger partial charge is 0.322 e. The highest BCUT2D eigenvalue weighted by molar-refractivity contribution is 9.10. The van der Waals surface area contributed by atoms with Crippen molar-refractivity contribution in [2.45, 2.75) is 232 Å². The topological polar surface area (TPSA) is 310 Å². The molecule has 9 aromatic carbocycles. The van der Waals surface area contributed by atoms with Crippen molar-refractivity contribution in [3.8, 4) is 17.2 Å². The van der Waals surface area contributed by atoms with Crippen molar-refractivity contribution >= 4 is 85.2 Å². The fraction of sp³-hybridized carbons (Fsp3) is 0.413. The van der Waals surface area contributed by atoms with E-state index in [1.54, 1.807) is 73.9 Å².